The van der Waals surface area contributed by atoms with Crippen molar-refractivity contribution in [3.8, 4) is 11.8 Å². The van der Waals surface area contributed by atoms with Crippen molar-refractivity contribution in [1.29, 1.82) is 0 Å². The highest BCUT2D eigenvalue weighted by atomic mass is 16.3. The summed E-state index contributed by atoms with van der Waals surface area (Å²) in [6, 6.07) is 0. The standard InChI is InChI=1S/C10H16O/c1-4-6-10(11)8-5-7-9(2)3/h7,10-11H,4,6H2,1-3H3. The lowest BCUT2D eigenvalue weighted by Gasteiger charge is -1.96. The van der Waals surface area contributed by atoms with Gasteiger partial charge < -0.3 is 5.11 Å². The Hall–Kier alpha value is -0.740. The van der Waals surface area contributed by atoms with Crippen LogP contribution in [0.1, 0.15) is 33.6 Å². The van der Waals surface area contributed by atoms with Gasteiger partial charge in [0.25, 0.3) is 0 Å². The molecule has 0 radical (unpaired) electrons. The van der Waals surface area contributed by atoms with E-state index in [4.69, 9.17) is 5.11 Å². The Morgan fingerprint density at radius 2 is 2.18 bits per heavy atom. The van der Waals surface area contributed by atoms with Crippen LogP contribution in [0.25, 0.3) is 0 Å². The molecule has 1 N–H and O–H groups in total. The third-order valence-electron chi connectivity index (χ3n) is 1.17. The van der Waals surface area contributed by atoms with Gasteiger partial charge in [-0.2, -0.15) is 0 Å². The van der Waals surface area contributed by atoms with Crippen LogP contribution >= 0.6 is 0 Å². The maximum Gasteiger partial charge on any atom is 0.115 e. The van der Waals surface area contributed by atoms with Gasteiger partial charge in [0, 0.05) is 0 Å². The van der Waals surface area contributed by atoms with Gasteiger partial charge in [-0.1, -0.05) is 30.8 Å². The zero-order valence-corrected chi connectivity index (χ0v) is 7.52. The minimum absolute atomic E-state index is 0.449. The van der Waals surface area contributed by atoms with Gasteiger partial charge in [0.2, 0.25) is 0 Å². The fraction of sp³-hybridized carbons (Fsp3) is 0.600. The molecule has 0 saturated heterocycles. The van der Waals surface area contributed by atoms with E-state index in [-0.39, 0.29) is 0 Å². The molecule has 0 aromatic carbocycles. The smallest absolute Gasteiger partial charge is 0.115 e. The van der Waals surface area contributed by atoms with Crippen LogP contribution in [0.5, 0.6) is 0 Å². The molecule has 0 saturated carbocycles. The number of hydrogen-bond donors (Lipinski definition) is 1. The van der Waals surface area contributed by atoms with Crippen LogP contribution in [0.15, 0.2) is 11.6 Å². The zero-order chi connectivity index (χ0) is 8.69. The molecule has 0 fully saturated rings. The summed E-state index contributed by atoms with van der Waals surface area (Å²) in [6.07, 6.45) is 3.11. The predicted octanol–water partition coefficient (Wildman–Crippen LogP) is 2.12. The molecule has 1 nitrogen and oxygen atoms in total. The highest BCUT2D eigenvalue weighted by molar-refractivity contribution is 5.20. The molecule has 0 amide bonds. The molecule has 11 heavy (non-hydrogen) atoms. The fourth-order valence-electron chi connectivity index (χ4n) is 0.628. The average molecular weight is 152 g/mol. The molecule has 0 rings (SSSR count). The van der Waals surface area contributed by atoms with Gasteiger partial charge in [-0.3, -0.25) is 0 Å². The lowest BCUT2D eigenvalue weighted by Crippen LogP contribution is -2.00. The Morgan fingerprint density at radius 3 is 2.64 bits per heavy atom. The van der Waals surface area contributed by atoms with E-state index in [9.17, 15) is 0 Å². The largest absolute Gasteiger partial charge is 0.380 e. The Kier molecular flexibility index (Phi) is 5.60. The molecule has 1 unspecified atom stereocenters. The summed E-state index contributed by atoms with van der Waals surface area (Å²) in [5.41, 5.74) is 1.17. The molecular weight excluding hydrogens is 136 g/mol. The molecule has 0 aliphatic carbocycles. The van der Waals surface area contributed by atoms with Crippen LogP contribution < -0.4 is 0 Å². The van der Waals surface area contributed by atoms with Crippen LogP contribution in [0, 0.1) is 11.8 Å². The van der Waals surface area contributed by atoms with E-state index in [1.807, 2.05) is 26.8 Å². The Bertz CT molecular complexity index is 177. The number of aliphatic hydroxyl groups is 1. The maximum atomic E-state index is 9.16. The number of aliphatic hydroxyl groups excluding tert-OH is 1. The number of rotatable bonds is 2. The topological polar surface area (TPSA) is 20.2 Å². The van der Waals surface area contributed by atoms with Crippen molar-refractivity contribution in [3.05, 3.63) is 11.6 Å². The maximum absolute atomic E-state index is 9.16. The summed E-state index contributed by atoms with van der Waals surface area (Å²) in [5.74, 6) is 5.55. The molecule has 0 aliphatic rings. The lowest BCUT2D eigenvalue weighted by atomic mass is 10.2. The molecule has 1 atom stereocenters. The Morgan fingerprint density at radius 1 is 1.55 bits per heavy atom. The first-order valence-electron chi connectivity index (χ1n) is 3.99. The second-order valence-corrected chi connectivity index (χ2v) is 2.81. The van der Waals surface area contributed by atoms with Gasteiger partial charge in [0.05, 0.1) is 0 Å². The van der Waals surface area contributed by atoms with Crippen molar-refractivity contribution in [2.45, 2.75) is 39.7 Å². The van der Waals surface area contributed by atoms with Crippen molar-refractivity contribution in [2.24, 2.45) is 0 Å². The highest BCUT2D eigenvalue weighted by Crippen LogP contribution is 1.93. The summed E-state index contributed by atoms with van der Waals surface area (Å²) >= 11 is 0. The van der Waals surface area contributed by atoms with Crippen LogP contribution in [0.2, 0.25) is 0 Å². The lowest BCUT2D eigenvalue weighted by molar-refractivity contribution is 0.221. The second kappa shape index (κ2) is 6.00. The number of allylic oxidation sites excluding steroid dienone is 2. The van der Waals surface area contributed by atoms with Crippen molar-refractivity contribution in [3.63, 3.8) is 0 Å². The number of hydrogen-bond acceptors (Lipinski definition) is 1. The van der Waals surface area contributed by atoms with E-state index in [2.05, 4.69) is 11.8 Å². The molecule has 0 aromatic heterocycles. The molecule has 0 heterocycles. The minimum Gasteiger partial charge on any atom is -0.380 e. The average Bonchev–Trinajstić information content (AvgIpc) is 1.87. The zero-order valence-electron chi connectivity index (χ0n) is 7.52. The van der Waals surface area contributed by atoms with E-state index >= 15 is 0 Å². The van der Waals surface area contributed by atoms with Gasteiger partial charge in [-0.25, -0.2) is 0 Å². The van der Waals surface area contributed by atoms with Crippen LogP contribution in [-0.4, -0.2) is 11.2 Å². The van der Waals surface area contributed by atoms with Crippen molar-refractivity contribution in [1.82, 2.24) is 0 Å². The first-order chi connectivity index (χ1) is 5.16. The molecule has 0 aromatic rings. The minimum atomic E-state index is -0.449. The molecule has 0 bridgehead atoms. The van der Waals surface area contributed by atoms with E-state index in [0.29, 0.717) is 0 Å². The third-order valence-corrected chi connectivity index (χ3v) is 1.17. The Labute approximate surface area is 69.1 Å². The van der Waals surface area contributed by atoms with Crippen molar-refractivity contribution >= 4 is 0 Å². The van der Waals surface area contributed by atoms with Crippen LogP contribution in [0.3, 0.4) is 0 Å². The molecule has 62 valence electrons. The highest BCUT2D eigenvalue weighted by Gasteiger charge is 1.93. The van der Waals surface area contributed by atoms with Gasteiger partial charge >= 0.3 is 0 Å². The SMILES string of the molecule is CCCC(O)C#CC=C(C)C. The summed E-state index contributed by atoms with van der Waals surface area (Å²) < 4.78 is 0. The molecule has 0 spiro atoms. The quantitative estimate of drug-likeness (QED) is 0.601. The second-order valence-electron chi connectivity index (χ2n) is 2.81. The predicted molar refractivity (Wildman–Crippen MR) is 48.1 cm³/mol. The Balaban J connectivity index is 3.77. The van der Waals surface area contributed by atoms with Gasteiger partial charge in [-0.05, 0) is 26.3 Å². The normalized spacial score (nSPS) is 11.3. The fourth-order valence-corrected chi connectivity index (χ4v) is 0.628. The van der Waals surface area contributed by atoms with Crippen LogP contribution in [-0.2, 0) is 0 Å². The van der Waals surface area contributed by atoms with Crippen molar-refractivity contribution < 1.29 is 5.11 Å². The first kappa shape index (κ1) is 10.3. The van der Waals surface area contributed by atoms with Gasteiger partial charge in [0.15, 0.2) is 0 Å². The monoisotopic (exact) mass is 152 g/mol. The van der Waals surface area contributed by atoms with Crippen molar-refractivity contribution in [2.75, 3.05) is 0 Å². The van der Waals surface area contributed by atoms with Crippen LogP contribution in [0.4, 0.5) is 0 Å². The summed E-state index contributed by atoms with van der Waals surface area (Å²) in [5, 5.41) is 9.16. The summed E-state index contributed by atoms with van der Waals surface area (Å²) in [7, 11) is 0. The van der Waals surface area contributed by atoms with E-state index in [0.717, 1.165) is 12.8 Å². The summed E-state index contributed by atoms with van der Waals surface area (Å²) in [4.78, 5) is 0. The van der Waals surface area contributed by atoms with Gasteiger partial charge in [-0.15, -0.1) is 0 Å². The summed E-state index contributed by atoms with van der Waals surface area (Å²) in [6.45, 7) is 6.01. The van der Waals surface area contributed by atoms with E-state index in [1.165, 1.54) is 5.57 Å². The first-order valence-corrected chi connectivity index (χ1v) is 3.99. The van der Waals surface area contributed by atoms with E-state index in [1.54, 1.807) is 0 Å². The molecule has 0 aliphatic heterocycles. The molecular formula is C10H16O. The van der Waals surface area contributed by atoms with E-state index < -0.39 is 6.10 Å². The van der Waals surface area contributed by atoms with Gasteiger partial charge in [0.1, 0.15) is 6.10 Å². The third kappa shape index (κ3) is 7.15. The molecule has 1 heteroatoms.